The van der Waals surface area contributed by atoms with Gasteiger partial charge in [0.1, 0.15) is 5.52 Å². The van der Waals surface area contributed by atoms with Crippen molar-refractivity contribution in [2.45, 2.75) is 19.6 Å². The standard InChI is InChI=1S/C27H27F3N6O/c1-17-3-4-18(11-21(17)22-13-31-14-24-25(22)33-16-32-24)26(37)34-20-6-5-19(23(12-20)27(28,29)30)15-36-9-7-35(2)8-10-36/h3-6,11-14,16H,7-10,15H2,1-2H3,(H,32,33)(H,34,37). The first-order valence-corrected chi connectivity index (χ1v) is 12.0. The Labute approximate surface area is 212 Å². The van der Waals surface area contributed by atoms with Gasteiger partial charge in [0, 0.05) is 55.7 Å². The molecule has 1 amide bonds. The Morgan fingerprint density at radius 2 is 1.84 bits per heavy atom. The fraction of sp³-hybridized carbons (Fsp3) is 0.296. The zero-order chi connectivity index (χ0) is 26.2. The summed E-state index contributed by atoms with van der Waals surface area (Å²) >= 11 is 0. The first kappa shape index (κ1) is 24.9. The van der Waals surface area contributed by atoms with Crippen LogP contribution in [0.1, 0.15) is 27.0 Å². The van der Waals surface area contributed by atoms with E-state index in [1.54, 1.807) is 36.9 Å². The Balaban J connectivity index is 1.40. The Morgan fingerprint density at radius 3 is 2.59 bits per heavy atom. The molecule has 0 atom stereocenters. The van der Waals surface area contributed by atoms with Gasteiger partial charge in [-0.1, -0.05) is 12.1 Å². The number of carbonyl (C=O) groups is 1. The summed E-state index contributed by atoms with van der Waals surface area (Å²) in [4.78, 5) is 28.8. The number of aryl methyl sites for hydroxylation is 1. The second kappa shape index (κ2) is 9.95. The van der Waals surface area contributed by atoms with Crippen molar-refractivity contribution in [2.24, 2.45) is 0 Å². The molecule has 192 valence electrons. The lowest BCUT2D eigenvalue weighted by Gasteiger charge is -2.33. The number of fused-ring (bicyclic) bond motifs is 1. The van der Waals surface area contributed by atoms with Crippen LogP contribution in [0.3, 0.4) is 0 Å². The minimum Gasteiger partial charge on any atom is -0.344 e. The maximum atomic E-state index is 13.9. The lowest BCUT2D eigenvalue weighted by Crippen LogP contribution is -2.44. The SMILES string of the molecule is Cc1ccc(C(=O)Nc2ccc(CN3CCN(C)CC3)c(C(F)(F)F)c2)cc1-c1cncc2nc[nH]c12. The number of piperazine rings is 1. The van der Waals surface area contributed by atoms with E-state index in [4.69, 9.17) is 0 Å². The third-order valence-corrected chi connectivity index (χ3v) is 6.79. The van der Waals surface area contributed by atoms with Crippen LogP contribution in [0.25, 0.3) is 22.2 Å². The van der Waals surface area contributed by atoms with E-state index >= 15 is 0 Å². The lowest BCUT2D eigenvalue weighted by molar-refractivity contribution is -0.138. The number of likely N-dealkylation sites (N-methyl/N-ethyl adjacent to an activating group) is 1. The Hall–Kier alpha value is -3.76. The van der Waals surface area contributed by atoms with E-state index in [1.165, 1.54) is 12.1 Å². The number of pyridine rings is 1. The molecule has 2 aromatic carbocycles. The van der Waals surface area contributed by atoms with Crippen molar-refractivity contribution in [1.29, 1.82) is 0 Å². The third-order valence-electron chi connectivity index (χ3n) is 6.79. The molecular formula is C27H27F3N6O. The molecule has 1 fully saturated rings. The van der Waals surface area contributed by atoms with Gasteiger partial charge in [0.05, 0.1) is 23.6 Å². The highest BCUT2D eigenvalue weighted by molar-refractivity contribution is 6.05. The van der Waals surface area contributed by atoms with Gasteiger partial charge < -0.3 is 15.2 Å². The van der Waals surface area contributed by atoms with Gasteiger partial charge in [-0.3, -0.25) is 14.7 Å². The van der Waals surface area contributed by atoms with Crippen molar-refractivity contribution < 1.29 is 18.0 Å². The van der Waals surface area contributed by atoms with Crippen LogP contribution in [0.15, 0.2) is 55.1 Å². The maximum Gasteiger partial charge on any atom is 0.416 e. The number of halogens is 3. The molecule has 2 aromatic heterocycles. The van der Waals surface area contributed by atoms with Gasteiger partial charge >= 0.3 is 6.18 Å². The van der Waals surface area contributed by atoms with E-state index in [0.717, 1.165) is 41.4 Å². The van der Waals surface area contributed by atoms with E-state index in [9.17, 15) is 18.0 Å². The van der Waals surface area contributed by atoms with Crippen molar-refractivity contribution >= 4 is 22.6 Å². The summed E-state index contributed by atoms with van der Waals surface area (Å²) in [7, 11) is 2.00. The molecule has 5 rings (SSSR count). The number of hydrogen-bond donors (Lipinski definition) is 2. The van der Waals surface area contributed by atoms with Crippen LogP contribution in [0.2, 0.25) is 0 Å². The first-order chi connectivity index (χ1) is 17.7. The molecule has 10 heteroatoms. The highest BCUT2D eigenvalue weighted by Gasteiger charge is 2.34. The predicted octanol–water partition coefficient (Wildman–Crippen LogP) is 4.95. The summed E-state index contributed by atoms with van der Waals surface area (Å²) in [5.74, 6) is -0.495. The highest BCUT2D eigenvalue weighted by atomic mass is 19.4. The Bertz CT molecular complexity index is 1440. The first-order valence-electron chi connectivity index (χ1n) is 12.0. The molecular weight excluding hydrogens is 481 g/mol. The number of hydrogen-bond acceptors (Lipinski definition) is 5. The summed E-state index contributed by atoms with van der Waals surface area (Å²) in [6.45, 7) is 5.19. The third kappa shape index (κ3) is 5.35. The molecule has 0 bridgehead atoms. The van der Waals surface area contributed by atoms with Crippen LogP contribution in [-0.2, 0) is 12.7 Å². The molecule has 1 saturated heterocycles. The number of amides is 1. The van der Waals surface area contributed by atoms with Crippen LogP contribution in [-0.4, -0.2) is 63.9 Å². The number of alkyl halides is 3. The second-order valence-corrected chi connectivity index (χ2v) is 9.42. The smallest absolute Gasteiger partial charge is 0.344 e. The minimum absolute atomic E-state index is 0.0962. The number of carbonyl (C=O) groups excluding carboxylic acids is 1. The number of anilines is 1. The average molecular weight is 509 g/mol. The molecule has 0 unspecified atom stereocenters. The van der Waals surface area contributed by atoms with Crippen LogP contribution < -0.4 is 5.32 Å². The number of rotatable bonds is 5. The number of nitrogens with one attached hydrogen (secondary N) is 2. The van der Waals surface area contributed by atoms with Gasteiger partial charge in [-0.25, -0.2) is 4.98 Å². The number of H-pyrrole nitrogens is 1. The largest absolute Gasteiger partial charge is 0.416 e. The van der Waals surface area contributed by atoms with Crippen molar-refractivity contribution in [1.82, 2.24) is 24.8 Å². The van der Waals surface area contributed by atoms with E-state index in [1.807, 2.05) is 18.9 Å². The zero-order valence-electron chi connectivity index (χ0n) is 20.6. The molecule has 7 nitrogen and oxygen atoms in total. The Morgan fingerprint density at radius 1 is 1.05 bits per heavy atom. The molecule has 37 heavy (non-hydrogen) atoms. The zero-order valence-corrected chi connectivity index (χ0v) is 20.6. The summed E-state index contributed by atoms with van der Waals surface area (Å²) in [5, 5.41) is 2.64. The summed E-state index contributed by atoms with van der Waals surface area (Å²) < 4.78 is 41.8. The molecule has 1 aliphatic heterocycles. The van der Waals surface area contributed by atoms with Crippen LogP contribution in [0, 0.1) is 6.92 Å². The number of benzene rings is 2. The highest BCUT2D eigenvalue weighted by Crippen LogP contribution is 2.35. The average Bonchev–Trinajstić information content (AvgIpc) is 3.35. The van der Waals surface area contributed by atoms with Crippen LogP contribution in [0.5, 0.6) is 0 Å². The van der Waals surface area contributed by atoms with Gasteiger partial charge in [0.15, 0.2) is 0 Å². The van der Waals surface area contributed by atoms with Crippen molar-refractivity contribution in [2.75, 3.05) is 38.5 Å². The van der Waals surface area contributed by atoms with Gasteiger partial charge in [-0.15, -0.1) is 0 Å². The molecule has 2 N–H and O–H groups in total. The van der Waals surface area contributed by atoms with Gasteiger partial charge in [0.2, 0.25) is 0 Å². The van der Waals surface area contributed by atoms with Crippen LogP contribution >= 0.6 is 0 Å². The van der Waals surface area contributed by atoms with Crippen molar-refractivity contribution in [3.8, 4) is 11.1 Å². The summed E-state index contributed by atoms with van der Waals surface area (Å²) in [6, 6.07) is 9.19. The Kier molecular flexibility index (Phi) is 6.70. The minimum atomic E-state index is -4.53. The quantitative estimate of drug-likeness (QED) is 0.399. The van der Waals surface area contributed by atoms with E-state index in [2.05, 4.69) is 25.2 Å². The lowest BCUT2D eigenvalue weighted by atomic mass is 9.98. The van der Waals surface area contributed by atoms with Gasteiger partial charge in [0.25, 0.3) is 5.91 Å². The van der Waals surface area contributed by atoms with E-state index < -0.39 is 17.6 Å². The summed E-state index contributed by atoms with van der Waals surface area (Å²) in [6.07, 6.45) is 0.384. The maximum absolute atomic E-state index is 13.9. The summed E-state index contributed by atoms with van der Waals surface area (Å²) in [5.41, 5.74) is 3.88. The normalized spacial score (nSPS) is 15.3. The van der Waals surface area contributed by atoms with E-state index in [0.29, 0.717) is 24.2 Å². The fourth-order valence-corrected chi connectivity index (χ4v) is 4.63. The van der Waals surface area contributed by atoms with Crippen LogP contribution in [0.4, 0.5) is 18.9 Å². The molecule has 3 heterocycles. The molecule has 0 saturated carbocycles. The molecule has 0 aliphatic carbocycles. The van der Waals surface area contributed by atoms with E-state index in [-0.39, 0.29) is 17.8 Å². The number of aromatic amines is 1. The number of nitrogens with zero attached hydrogens (tertiary/aromatic N) is 4. The second-order valence-electron chi connectivity index (χ2n) is 9.42. The number of aromatic nitrogens is 3. The van der Waals surface area contributed by atoms with Gasteiger partial charge in [-0.05, 0) is 54.9 Å². The van der Waals surface area contributed by atoms with Crippen molar-refractivity contribution in [3.05, 3.63) is 77.4 Å². The molecule has 4 aromatic rings. The fourth-order valence-electron chi connectivity index (χ4n) is 4.63. The topological polar surface area (TPSA) is 77.2 Å². The monoisotopic (exact) mass is 508 g/mol. The molecule has 0 spiro atoms. The van der Waals surface area contributed by atoms with Crippen molar-refractivity contribution in [3.63, 3.8) is 0 Å². The number of imidazole rings is 1. The molecule has 0 radical (unpaired) electrons. The predicted molar refractivity (Wildman–Crippen MR) is 136 cm³/mol. The molecule has 1 aliphatic rings. The van der Waals surface area contributed by atoms with Gasteiger partial charge in [-0.2, -0.15) is 13.2 Å².